The summed E-state index contributed by atoms with van der Waals surface area (Å²) >= 11 is 0. The molecular formula is C62H38N2. The van der Waals surface area contributed by atoms with E-state index in [2.05, 4.69) is 240 Å². The fourth-order valence-corrected chi connectivity index (χ4v) is 11.1. The van der Waals surface area contributed by atoms with Gasteiger partial charge in [0.1, 0.15) is 0 Å². The summed E-state index contributed by atoms with van der Waals surface area (Å²) < 4.78 is 0. The van der Waals surface area contributed by atoms with Gasteiger partial charge < -0.3 is 9.80 Å². The average Bonchev–Trinajstić information content (AvgIpc) is 3.36. The molecule has 0 amide bonds. The topological polar surface area (TPSA) is 6.48 Å². The highest BCUT2D eigenvalue weighted by molar-refractivity contribution is 6.20. The molecule has 2 nitrogen and oxygen atoms in total. The Balaban J connectivity index is 0.862. The quantitative estimate of drug-likeness (QED) is 0.175. The second-order valence-electron chi connectivity index (χ2n) is 17.2. The average molecular weight is 811 g/mol. The van der Waals surface area contributed by atoms with Crippen LogP contribution in [0.15, 0.2) is 231 Å². The Morgan fingerprint density at radius 2 is 0.578 bits per heavy atom. The summed E-state index contributed by atoms with van der Waals surface area (Å²) in [5.74, 6) is 0. The molecule has 12 aromatic carbocycles. The zero-order valence-corrected chi connectivity index (χ0v) is 34.8. The fraction of sp³-hybridized carbons (Fsp3) is 0. The van der Waals surface area contributed by atoms with Crippen LogP contribution in [0, 0.1) is 0 Å². The Kier molecular flexibility index (Phi) is 7.43. The van der Waals surface area contributed by atoms with Crippen LogP contribution in [0.5, 0.6) is 0 Å². The number of fused-ring (bicyclic) bond motifs is 9. The van der Waals surface area contributed by atoms with E-state index in [0.717, 1.165) is 11.4 Å². The van der Waals surface area contributed by atoms with E-state index in [1.54, 1.807) is 0 Å². The maximum absolute atomic E-state index is 2.48. The summed E-state index contributed by atoms with van der Waals surface area (Å²) in [5.41, 5.74) is 17.1. The van der Waals surface area contributed by atoms with Gasteiger partial charge in [-0.1, -0.05) is 194 Å². The van der Waals surface area contributed by atoms with E-state index >= 15 is 0 Å². The molecule has 64 heavy (non-hydrogen) atoms. The minimum absolute atomic E-state index is 1.15. The van der Waals surface area contributed by atoms with E-state index in [1.165, 1.54) is 121 Å². The Morgan fingerprint density at radius 1 is 0.219 bits per heavy atom. The van der Waals surface area contributed by atoms with Crippen molar-refractivity contribution in [3.05, 3.63) is 231 Å². The van der Waals surface area contributed by atoms with Crippen LogP contribution < -0.4 is 9.80 Å². The molecule has 0 atom stereocenters. The highest BCUT2D eigenvalue weighted by Crippen LogP contribution is 2.55. The van der Waals surface area contributed by atoms with Crippen LogP contribution >= 0.6 is 0 Å². The van der Waals surface area contributed by atoms with Crippen LogP contribution in [-0.2, 0) is 0 Å². The normalized spacial score (nSPS) is 12.6. The highest BCUT2D eigenvalue weighted by Gasteiger charge is 2.29. The molecule has 0 radical (unpaired) electrons. The van der Waals surface area contributed by atoms with Crippen molar-refractivity contribution < 1.29 is 0 Å². The summed E-state index contributed by atoms with van der Waals surface area (Å²) in [6, 6.07) is 85.3. The largest absolute Gasteiger partial charge is 0.309 e. The molecule has 0 unspecified atom stereocenters. The predicted octanol–water partition coefficient (Wildman–Crippen LogP) is 17.7. The molecule has 0 bridgehead atoms. The molecule has 2 heteroatoms. The van der Waals surface area contributed by atoms with Crippen LogP contribution in [0.2, 0.25) is 0 Å². The lowest BCUT2D eigenvalue weighted by atomic mass is 9.88. The summed E-state index contributed by atoms with van der Waals surface area (Å²) in [7, 11) is 0. The maximum Gasteiger partial charge on any atom is 0.0618 e. The van der Waals surface area contributed by atoms with Gasteiger partial charge in [0.15, 0.2) is 0 Å². The van der Waals surface area contributed by atoms with Gasteiger partial charge in [-0.15, -0.1) is 0 Å². The SMILES string of the molecule is c1ccc2c3c(ccc2c1)-c1cccc2cccc(c12)N3c1ccc(-c2cccc3c(-c4ccc(N5c6c(ccc7ccccc67)-c6cccc7cccc5c67)cc4)cccc23)cc1. The van der Waals surface area contributed by atoms with Crippen molar-refractivity contribution in [1.82, 2.24) is 0 Å². The molecule has 0 fully saturated rings. The number of benzene rings is 12. The standard InChI is InChI=1S/C62H38N2/c1-3-17-49-39(11-1)31-37-55-53-23-5-13-43-15-7-25-57(59(43)53)63(61(49)55)45-33-27-41(28-34-45)47-19-9-22-52-48(20-10-21-51(47)52)42-29-35-46(36-30-42)64-58-26-8-16-44-14-6-24-54(60(44)58)56-38-32-40-12-2-4-18-50(40)62(56)64/h1-38H. The maximum atomic E-state index is 2.48. The van der Waals surface area contributed by atoms with E-state index in [-0.39, 0.29) is 0 Å². The van der Waals surface area contributed by atoms with E-state index < -0.39 is 0 Å². The van der Waals surface area contributed by atoms with Crippen LogP contribution in [0.3, 0.4) is 0 Å². The third-order valence-corrected chi connectivity index (χ3v) is 13.9. The molecule has 14 rings (SSSR count). The first-order valence-electron chi connectivity index (χ1n) is 22.2. The van der Waals surface area contributed by atoms with Crippen molar-refractivity contribution in [1.29, 1.82) is 0 Å². The number of hydrogen-bond acceptors (Lipinski definition) is 2. The Morgan fingerprint density at radius 3 is 1.03 bits per heavy atom. The highest BCUT2D eigenvalue weighted by atomic mass is 15.2. The van der Waals surface area contributed by atoms with Gasteiger partial charge in [0, 0.05) is 44.0 Å². The van der Waals surface area contributed by atoms with Crippen molar-refractivity contribution >= 4 is 88.0 Å². The molecule has 0 aliphatic carbocycles. The fourth-order valence-electron chi connectivity index (χ4n) is 11.1. The van der Waals surface area contributed by atoms with Gasteiger partial charge in [-0.05, 0) is 102 Å². The van der Waals surface area contributed by atoms with E-state index in [9.17, 15) is 0 Å². The Bertz CT molecular complexity index is 3630. The molecule has 0 saturated carbocycles. The molecule has 12 aromatic rings. The lowest BCUT2D eigenvalue weighted by Gasteiger charge is -2.34. The van der Waals surface area contributed by atoms with Gasteiger partial charge in [0.2, 0.25) is 0 Å². The van der Waals surface area contributed by atoms with Crippen molar-refractivity contribution in [2.45, 2.75) is 0 Å². The monoisotopic (exact) mass is 810 g/mol. The van der Waals surface area contributed by atoms with Crippen LogP contribution in [-0.4, -0.2) is 0 Å². The molecule has 296 valence electrons. The first-order chi connectivity index (χ1) is 31.8. The Hall–Kier alpha value is -8.46. The minimum atomic E-state index is 1.15. The first-order valence-corrected chi connectivity index (χ1v) is 22.2. The minimum Gasteiger partial charge on any atom is -0.309 e. The van der Waals surface area contributed by atoms with E-state index in [1.807, 2.05) is 0 Å². The number of rotatable bonds is 4. The van der Waals surface area contributed by atoms with Crippen molar-refractivity contribution in [3.63, 3.8) is 0 Å². The Labute approximate surface area is 371 Å². The molecule has 2 aliphatic heterocycles. The zero-order valence-electron chi connectivity index (χ0n) is 34.8. The van der Waals surface area contributed by atoms with Crippen LogP contribution in [0.4, 0.5) is 34.1 Å². The second-order valence-corrected chi connectivity index (χ2v) is 17.2. The van der Waals surface area contributed by atoms with Gasteiger partial charge >= 0.3 is 0 Å². The second kappa shape index (κ2) is 13.5. The molecule has 0 N–H and O–H groups in total. The molecule has 2 heterocycles. The number of anilines is 6. The smallest absolute Gasteiger partial charge is 0.0618 e. The number of hydrogen-bond donors (Lipinski definition) is 0. The molecule has 0 spiro atoms. The van der Waals surface area contributed by atoms with Crippen molar-refractivity contribution in [2.75, 3.05) is 9.80 Å². The summed E-state index contributed by atoms with van der Waals surface area (Å²) in [4.78, 5) is 4.96. The van der Waals surface area contributed by atoms with Gasteiger partial charge in [-0.25, -0.2) is 0 Å². The molecular weight excluding hydrogens is 773 g/mol. The van der Waals surface area contributed by atoms with Gasteiger partial charge in [0.05, 0.1) is 22.7 Å². The zero-order chi connectivity index (χ0) is 41.9. The van der Waals surface area contributed by atoms with Crippen molar-refractivity contribution in [2.24, 2.45) is 0 Å². The van der Waals surface area contributed by atoms with Gasteiger partial charge in [-0.3, -0.25) is 0 Å². The van der Waals surface area contributed by atoms with Crippen LogP contribution in [0.1, 0.15) is 0 Å². The summed E-state index contributed by atoms with van der Waals surface area (Å²) in [6.07, 6.45) is 0. The predicted molar refractivity (Wildman–Crippen MR) is 272 cm³/mol. The lowest BCUT2D eigenvalue weighted by molar-refractivity contribution is 1.30. The number of nitrogens with zero attached hydrogens (tertiary/aromatic N) is 2. The van der Waals surface area contributed by atoms with E-state index in [0.29, 0.717) is 0 Å². The van der Waals surface area contributed by atoms with Gasteiger partial charge in [0.25, 0.3) is 0 Å². The third kappa shape index (κ3) is 5.02. The van der Waals surface area contributed by atoms with Crippen molar-refractivity contribution in [3.8, 4) is 44.5 Å². The molecule has 2 aliphatic rings. The molecule has 0 saturated heterocycles. The summed E-state index contributed by atoms with van der Waals surface area (Å²) in [6.45, 7) is 0. The van der Waals surface area contributed by atoms with E-state index in [4.69, 9.17) is 0 Å². The van der Waals surface area contributed by atoms with Crippen LogP contribution in [0.25, 0.3) is 98.4 Å². The summed E-state index contributed by atoms with van der Waals surface area (Å²) in [5, 5.41) is 12.6. The first kappa shape index (κ1) is 35.2. The van der Waals surface area contributed by atoms with Gasteiger partial charge in [-0.2, -0.15) is 0 Å². The molecule has 0 aromatic heterocycles. The third-order valence-electron chi connectivity index (χ3n) is 13.9. The lowest BCUT2D eigenvalue weighted by Crippen LogP contribution is -2.15.